The van der Waals surface area contributed by atoms with E-state index in [9.17, 15) is 18.0 Å². The van der Waals surface area contributed by atoms with Crippen LogP contribution < -0.4 is 0 Å². The molecule has 28 heavy (non-hydrogen) atoms. The average Bonchev–Trinajstić information content (AvgIpc) is 3.23. The number of piperazine rings is 1. The molecule has 1 aliphatic heterocycles. The largest absolute Gasteiger partial charge is 0.416 e. The zero-order chi connectivity index (χ0) is 20.1. The molecule has 0 spiro atoms. The van der Waals surface area contributed by atoms with E-state index in [0.29, 0.717) is 35.0 Å². The lowest BCUT2D eigenvalue weighted by atomic mass is 10.1. The van der Waals surface area contributed by atoms with Crippen molar-refractivity contribution in [1.82, 2.24) is 19.2 Å². The van der Waals surface area contributed by atoms with Crippen molar-refractivity contribution in [1.29, 1.82) is 0 Å². The van der Waals surface area contributed by atoms with Crippen molar-refractivity contribution in [2.45, 2.75) is 19.1 Å². The highest BCUT2D eigenvalue weighted by molar-refractivity contribution is 7.15. The van der Waals surface area contributed by atoms with Gasteiger partial charge >= 0.3 is 6.18 Å². The number of imidazole rings is 1. The summed E-state index contributed by atoms with van der Waals surface area (Å²) in [4.78, 5) is 22.0. The summed E-state index contributed by atoms with van der Waals surface area (Å²) in [6.07, 6.45) is -2.78. The summed E-state index contributed by atoms with van der Waals surface area (Å²) in [5, 5.41) is 1.75. The number of halogens is 3. The molecule has 0 radical (unpaired) electrons. The van der Waals surface area contributed by atoms with Crippen LogP contribution in [0, 0.1) is 0 Å². The van der Waals surface area contributed by atoms with Crippen LogP contribution in [0.5, 0.6) is 0 Å². The maximum absolute atomic E-state index is 13.0. The second-order valence-electron chi connectivity index (χ2n) is 7.06. The van der Waals surface area contributed by atoms with E-state index in [1.165, 1.54) is 17.4 Å². The molecule has 0 N–H and O–H groups in total. The number of hydrogen-bond acceptors (Lipinski definition) is 4. The van der Waals surface area contributed by atoms with E-state index in [-0.39, 0.29) is 11.9 Å². The number of benzene rings is 1. The number of likely N-dealkylation sites (N-methyl/N-ethyl adjacent to an activating group) is 1. The predicted molar refractivity (Wildman–Crippen MR) is 102 cm³/mol. The number of carbonyl (C=O) groups is 1. The van der Waals surface area contributed by atoms with E-state index in [0.717, 1.165) is 18.7 Å². The molecule has 1 fully saturated rings. The highest BCUT2D eigenvalue weighted by atomic mass is 32.1. The SMILES string of the molecule is CC1CN(C(=O)c2csc3nc(-c4cccc(C(F)(F)F)c4)cn23)CCN1C. The monoisotopic (exact) mass is 408 g/mol. The molecule has 2 aromatic heterocycles. The molecule has 1 amide bonds. The minimum absolute atomic E-state index is 0.0841. The Morgan fingerprint density at radius 2 is 2.07 bits per heavy atom. The molecule has 4 rings (SSSR count). The summed E-state index contributed by atoms with van der Waals surface area (Å²) in [5.74, 6) is -0.0841. The Bertz CT molecular complexity index is 1030. The number of alkyl halides is 3. The Labute approximate surface area is 164 Å². The smallest absolute Gasteiger partial charge is 0.334 e. The van der Waals surface area contributed by atoms with Gasteiger partial charge in [0.2, 0.25) is 0 Å². The van der Waals surface area contributed by atoms with Crippen LogP contribution in [-0.4, -0.2) is 57.8 Å². The number of amides is 1. The fourth-order valence-electron chi connectivity index (χ4n) is 3.33. The first-order valence-corrected chi connectivity index (χ1v) is 9.76. The third kappa shape index (κ3) is 3.40. The maximum atomic E-state index is 13.0. The molecule has 0 saturated carbocycles. The van der Waals surface area contributed by atoms with E-state index in [2.05, 4.69) is 16.8 Å². The second-order valence-corrected chi connectivity index (χ2v) is 7.90. The number of carbonyl (C=O) groups excluding carboxylic acids is 1. The first-order chi connectivity index (χ1) is 13.2. The Balaban J connectivity index is 1.65. The van der Waals surface area contributed by atoms with Crippen LogP contribution >= 0.6 is 11.3 Å². The van der Waals surface area contributed by atoms with Crippen molar-refractivity contribution in [2.24, 2.45) is 0 Å². The number of fused-ring (bicyclic) bond motifs is 1. The first kappa shape index (κ1) is 18.9. The molecular weight excluding hydrogens is 389 g/mol. The van der Waals surface area contributed by atoms with E-state index < -0.39 is 11.7 Å². The average molecular weight is 408 g/mol. The molecule has 1 saturated heterocycles. The van der Waals surface area contributed by atoms with Crippen LogP contribution in [-0.2, 0) is 6.18 Å². The number of nitrogens with zero attached hydrogens (tertiary/aromatic N) is 4. The summed E-state index contributed by atoms with van der Waals surface area (Å²) in [5.41, 5.74) is 0.558. The standard InChI is InChI=1S/C19H19F3N4OS/c1-12-9-25(7-6-24(12)2)17(27)16-11-28-18-23-15(10-26(16)18)13-4-3-5-14(8-13)19(20,21)22/h3-5,8,10-12H,6-7,9H2,1-2H3. The third-order valence-electron chi connectivity index (χ3n) is 5.16. The molecule has 5 nitrogen and oxygen atoms in total. The molecule has 148 valence electrons. The fraction of sp³-hybridized carbons (Fsp3) is 0.368. The van der Waals surface area contributed by atoms with Crippen LogP contribution in [0.3, 0.4) is 0 Å². The zero-order valence-corrected chi connectivity index (χ0v) is 16.2. The minimum Gasteiger partial charge on any atom is -0.334 e. The molecule has 1 aromatic carbocycles. The minimum atomic E-state index is -4.41. The number of aromatic nitrogens is 2. The Hall–Kier alpha value is -2.39. The maximum Gasteiger partial charge on any atom is 0.416 e. The fourth-order valence-corrected chi connectivity index (χ4v) is 4.17. The number of rotatable bonds is 2. The van der Waals surface area contributed by atoms with Crippen LogP contribution in [0.25, 0.3) is 16.2 Å². The Morgan fingerprint density at radius 1 is 1.29 bits per heavy atom. The van der Waals surface area contributed by atoms with E-state index in [1.54, 1.807) is 22.0 Å². The zero-order valence-electron chi connectivity index (χ0n) is 15.4. The van der Waals surface area contributed by atoms with E-state index >= 15 is 0 Å². The molecule has 1 aliphatic rings. The van der Waals surface area contributed by atoms with Gasteiger partial charge in [0.15, 0.2) is 4.96 Å². The normalized spacial score (nSPS) is 18.8. The van der Waals surface area contributed by atoms with Gasteiger partial charge < -0.3 is 9.80 Å². The second kappa shape index (κ2) is 6.89. The van der Waals surface area contributed by atoms with Gasteiger partial charge in [-0.25, -0.2) is 4.98 Å². The lowest BCUT2D eigenvalue weighted by Gasteiger charge is -2.37. The lowest BCUT2D eigenvalue weighted by molar-refractivity contribution is -0.137. The molecule has 1 atom stereocenters. The molecular formula is C19H19F3N4OS. The highest BCUT2D eigenvalue weighted by Crippen LogP contribution is 2.32. The molecule has 0 aliphatic carbocycles. The van der Waals surface area contributed by atoms with Crippen molar-refractivity contribution in [3.05, 3.63) is 47.1 Å². The number of thiazole rings is 1. The van der Waals surface area contributed by atoms with Gasteiger partial charge in [-0.3, -0.25) is 9.20 Å². The summed E-state index contributed by atoms with van der Waals surface area (Å²) < 4.78 is 40.6. The van der Waals surface area contributed by atoms with Gasteiger partial charge in [0.25, 0.3) is 5.91 Å². The van der Waals surface area contributed by atoms with Crippen molar-refractivity contribution < 1.29 is 18.0 Å². The molecule has 0 bridgehead atoms. The summed E-state index contributed by atoms with van der Waals surface area (Å²) in [6, 6.07) is 5.34. The van der Waals surface area contributed by atoms with Gasteiger partial charge in [-0.05, 0) is 26.1 Å². The Morgan fingerprint density at radius 3 is 2.79 bits per heavy atom. The van der Waals surface area contributed by atoms with Crippen molar-refractivity contribution in [3.8, 4) is 11.3 Å². The van der Waals surface area contributed by atoms with Crippen LogP contribution in [0.1, 0.15) is 23.0 Å². The van der Waals surface area contributed by atoms with Gasteiger partial charge in [-0.2, -0.15) is 13.2 Å². The van der Waals surface area contributed by atoms with Crippen molar-refractivity contribution >= 4 is 22.2 Å². The summed E-state index contributed by atoms with van der Waals surface area (Å²) in [7, 11) is 2.03. The van der Waals surface area contributed by atoms with E-state index in [1.807, 2.05) is 11.9 Å². The van der Waals surface area contributed by atoms with Crippen LogP contribution in [0.4, 0.5) is 13.2 Å². The molecule has 3 aromatic rings. The van der Waals surface area contributed by atoms with Crippen molar-refractivity contribution in [2.75, 3.05) is 26.7 Å². The van der Waals surface area contributed by atoms with E-state index in [4.69, 9.17) is 0 Å². The van der Waals surface area contributed by atoms with Crippen LogP contribution in [0.15, 0.2) is 35.8 Å². The van der Waals surface area contributed by atoms with Gasteiger partial charge in [0, 0.05) is 42.8 Å². The third-order valence-corrected chi connectivity index (χ3v) is 6.00. The molecule has 3 heterocycles. The summed E-state index contributed by atoms with van der Waals surface area (Å²) >= 11 is 1.30. The van der Waals surface area contributed by atoms with Crippen molar-refractivity contribution in [3.63, 3.8) is 0 Å². The van der Waals surface area contributed by atoms with Gasteiger partial charge in [0.05, 0.1) is 11.3 Å². The topological polar surface area (TPSA) is 40.9 Å². The number of hydrogen-bond donors (Lipinski definition) is 0. The lowest BCUT2D eigenvalue weighted by Crippen LogP contribution is -2.52. The molecule has 9 heteroatoms. The van der Waals surface area contributed by atoms with Gasteiger partial charge in [-0.1, -0.05) is 12.1 Å². The van der Waals surface area contributed by atoms with Gasteiger partial charge in [0.1, 0.15) is 5.69 Å². The molecule has 1 unspecified atom stereocenters. The highest BCUT2D eigenvalue weighted by Gasteiger charge is 2.31. The predicted octanol–water partition coefficient (Wildman–Crippen LogP) is 3.86. The quantitative estimate of drug-likeness (QED) is 0.647. The van der Waals surface area contributed by atoms with Crippen LogP contribution in [0.2, 0.25) is 0 Å². The van der Waals surface area contributed by atoms with Gasteiger partial charge in [-0.15, -0.1) is 11.3 Å². The summed E-state index contributed by atoms with van der Waals surface area (Å²) in [6.45, 7) is 4.17. The first-order valence-electron chi connectivity index (χ1n) is 8.88. The Kier molecular flexibility index (Phi) is 4.67.